The van der Waals surface area contributed by atoms with Gasteiger partial charge < -0.3 is 10.5 Å². The summed E-state index contributed by atoms with van der Waals surface area (Å²) in [6.45, 7) is 0. The van der Waals surface area contributed by atoms with Crippen LogP contribution in [0.5, 0.6) is 11.8 Å². The highest BCUT2D eigenvalue weighted by atomic mass is 35.5. The fourth-order valence-electron chi connectivity index (χ4n) is 1.84. The molecule has 0 aliphatic carbocycles. The molecule has 1 aromatic heterocycles. The zero-order valence-electron chi connectivity index (χ0n) is 10.6. The Labute approximate surface area is 129 Å². The van der Waals surface area contributed by atoms with Crippen LogP contribution in [0.4, 0.5) is 5.69 Å². The summed E-state index contributed by atoms with van der Waals surface area (Å²) in [5.41, 5.74) is 6.26. The number of rotatable bonds is 2. The van der Waals surface area contributed by atoms with Crippen molar-refractivity contribution in [3.8, 4) is 11.8 Å². The van der Waals surface area contributed by atoms with Gasteiger partial charge in [0.15, 0.2) is 5.75 Å². The maximum absolute atomic E-state index is 12.0. The van der Waals surface area contributed by atoms with Crippen LogP contribution in [0.15, 0.2) is 41.2 Å². The van der Waals surface area contributed by atoms with E-state index in [2.05, 4.69) is 9.97 Å². The Hall–Kier alpha value is -2.24. The normalized spacial score (nSPS) is 10.8. The second kappa shape index (κ2) is 5.27. The Morgan fingerprint density at radius 3 is 2.76 bits per heavy atom. The molecule has 106 valence electrons. The van der Waals surface area contributed by atoms with Crippen molar-refractivity contribution in [2.45, 2.75) is 0 Å². The van der Waals surface area contributed by atoms with Gasteiger partial charge in [-0.1, -0.05) is 23.2 Å². The maximum Gasteiger partial charge on any atom is 0.302 e. The lowest BCUT2D eigenvalue weighted by atomic mass is 10.2. The number of nitrogens with two attached hydrogens (primary N) is 1. The minimum absolute atomic E-state index is 0.0291. The van der Waals surface area contributed by atoms with Crippen molar-refractivity contribution in [3.05, 3.63) is 56.8 Å². The summed E-state index contributed by atoms with van der Waals surface area (Å²) in [5, 5.41) is 1.21. The van der Waals surface area contributed by atoms with Crippen molar-refractivity contribution in [1.82, 2.24) is 9.97 Å². The highest BCUT2D eigenvalue weighted by Gasteiger charge is 2.09. The predicted molar refractivity (Wildman–Crippen MR) is 83.3 cm³/mol. The van der Waals surface area contributed by atoms with E-state index < -0.39 is 0 Å². The third kappa shape index (κ3) is 2.79. The van der Waals surface area contributed by atoms with E-state index in [1.165, 1.54) is 6.07 Å². The lowest BCUT2D eigenvalue weighted by Crippen LogP contribution is -2.09. The van der Waals surface area contributed by atoms with E-state index >= 15 is 0 Å². The first-order valence-corrected chi connectivity index (χ1v) is 6.71. The van der Waals surface area contributed by atoms with Crippen LogP contribution >= 0.6 is 23.2 Å². The molecule has 0 unspecified atom stereocenters. The van der Waals surface area contributed by atoms with Gasteiger partial charge in [-0.25, -0.2) is 0 Å². The van der Waals surface area contributed by atoms with Gasteiger partial charge in [0.05, 0.1) is 15.9 Å². The second-order valence-electron chi connectivity index (χ2n) is 4.32. The Morgan fingerprint density at radius 2 is 1.95 bits per heavy atom. The number of hydrogen-bond donors (Lipinski definition) is 2. The summed E-state index contributed by atoms with van der Waals surface area (Å²) in [4.78, 5) is 18.7. The molecule has 2 aromatic carbocycles. The minimum atomic E-state index is -0.347. The number of fused-ring (bicyclic) bond motifs is 1. The highest BCUT2D eigenvalue weighted by Crippen LogP contribution is 2.30. The number of ether oxygens (including phenoxy) is 1. The number of nitrogens with zero attached hydrogens (tertiary/aromatic N) is 1. The van der Waals surface area contributed by atoms with Crippen molar-refractivity contribution in [2.24, 2.45) is 0 Å². The quantitative estimate of drug-likeness (QED) is 0.706. The first kappa shape index (κ1) is 13.7. The van der Waals surface area contributed by atoms with E-state index in [4.69, 9.17) is 33.7 Å². The first-order chi connectivity index (χ1) is 10.0. The Kier molecular flexibility index (Phi) is 3.45. The van der Waals surface area contributed by atoms with Crippen molar-refractivity contribution in [2.75, 3.05) is 5.73 Å². The SMILES string of the molecule is Nc1ccc2nc(Oc3cc(Cl)ccc3Cl)[nH]c(=O)c2c1. The van der Waals surface area contributed by atoms with Crippen LogP contribution in [0.1, 0.15) is 0 Å². The molecule has 1 heterocycles. The van der Waals surface area contributed by atoms with Crippen LogP contribution in [0.25, 0.3) is 10.9 Å². The fourth-order valence-corrected chi connectivity index (χ4v) is 2.16. The van der Waals surface area contributed by atoms with Gasteiger partial charge in [-0.15, -0.1) is 0 Å². The summed E-state index contributed by atoms with van der Waals surface area (Å²) < 4.78 is 5.49. The van der Waals surface area contributed by atoms with Gasteiger partial charge in [-0.3, -0.25) is 9.78 Å². The predicted octanol–water partition coefficient (Wildman–Crippen LogP) is 3.60. The number of anilines is 1. The molecule has 21 heavy (non-hydrogen) atoms. The van der Waals surface area contributed by atoms with Crippen LogP contribution in [-0.4, -0.2) is 9.97 Å². The molecule has 0 saturated carbocycles. The number of hydrogen-bond acceptors (Lipinski definition) is 4. The maximum atomic E-state index is 12.0. The summed E-state index contributed by atoms with van der Waals surface area (Å²) in [6.07, 6.45) is 0. The van der Waals surface area contributed by atoms with Crippen molar-refractivity contribution < 1.29 is 4.74 Å². The first-order valence-electron chi connectivity index (χ1n) is 5.95. The van der Waals surface area contributed by atoms with Crippen molar-refractivity contribution in [1.29, 1.82) is 0 Å². The number of aromatic nitrogens is 2. The van der Waals surface area contributed by atoms with E-state index in [1.807, 2.05) is 0 Å². The second-order valence-corrected chi connectivity index (χ2v) is 5.17. The van der Waals surface area contributed by atoms with E-state index in [9.17, 15) is 4.79 Å². The topological polar surface area (TPSA) is 81.0 Å². The lowest BCUT2D eigenvalue weighted by molar-refractivity contribution is 0.443. The number of halogens is 2. The number of nitrogen functional groups attached to an aromatic ring is 1. The highest BCUT2D eigenvalue weighted by molar-refractivity contribution is 6.34. The fraction of sp³-hybridized carbons (Fsp3) is 0. The van der Waals surface area contributed by atoms with Gasteiger partial charge in [0.2, 0.25) is 0 Å². The smallest absolute Gasteiger partial charge is 0.302 e. The van der Waals surface area contributed by atoms with E-state index in [1.54, 1.807) is 30.3 Å². The molecule has 0 radical (unpaired) electrons. The van der Waals surface area contributed by atoms with Crippen LogP contribution in [-0.2, 0) is 0 Å². The molecule has 5 nitrogen and oxygen atoms in total. The standard InChI is InChI=1S/C14H9Cl2N3O2/c15-7-1-3-10(16)12(5-7)21-14-18-11-4-2-8(17)6-9(11)13(20)19-14/h1-6H,17H2,(H,18,19,20). The van der Waals surface area contributed by atoms with Gasteiger partial charge in [-0.05, 0) is 30.3 Å². The molecule has 0 spiro atoms. The van der Waals surface area contributed by atoms with Crippen LogP contribution < -0.4 is 16.0 Å². The molecule has 0 fully saturated rings. The molecule has 0 atom stereocenters. The molecule has 7 heteroatoms. The molecule has 0 bridgehead atoms. The average molecular weight is 322 g/mol. The molecular formula is C14H9Cl2N3O2. The molecule has 3 aromatic rings. The molecule has 0 amide bonds. The Morgan fingerprint density at radius 1 is 1.14 bits per heavy atom. The van der Waals surface area contributed by atoms with Crippen LogP contribution in [0, 0.1) is 0 Å². The zero-order valence-corrected chi connectivity index (χ0v) is 12.1. The summed E-state index contributed by atoms with van der Waals surface area (Å²) in [7, 11) is 0. The van der Waals surface area contributed by atoms with Gasteiger partial charge in [0, 0.05) is 16.8 Å². The number of nitrogens with one attached hydrogen (secondary N) is 1. The van der Waals surface area contributed by atoms with Crippen LogP contribution in [0.3, 0.4) is 0 Å². The van der Waals surface area contributed by atoms with Gasteiger partial charge in [-0.2, -0.15) is 4.98 Å². The molecular weight excluding hydrogens is 313 g/mol. The molecule has 3 N–H and O–H groups in total. The average Bonchev–Trinajstić information content (AvgIpc) is 2.44. The monoisotopic (exact) mass is 321 g/mol. The molecule has 0 aliphatic rings. The summed E-state index contributed by atoms with van der Waals surface area (Å²) in [5.74, 6) is 0.308. The number of benzene rings is 2. The van der Waals surface area contributed by atoms with E-state index in [0.717, 1.165) is 0 Å². The number of H-pyrrole nitrogens is 1. The van der Waals surface area contributed by atoms with Crippen molar-refractivity contribution >= 4 is 39.8 Å². The number of aromatic amines is 1. The van der Waals surface area contributed by atoms with E-state index in [0.29, 0.717) is 32.4 Å². The lowest BCUT2D eigenvalue weighted by Gasteiger charge is -2.07. The summed E-state index contributed by atoms with van der Waals surface area (Å²) in [6, 6.07) is 9.65. The van der Waals surface area contributed by atoms with Crippen molar-refractivity contribution in [3.63, 3.8) is 0 Å². The van der Waals surface area contributed by atoms with Gasteiger partial charge in [0.1, 0.15) is 0 Å². The largest absolute Gasteiger partial charge is 0.424 e. The van der Waals surface area contributed by atoms with Crippen LogP contribution in [0.2, 0.25) is 10.0 Å². The van der Waals surface area contributed by atoms with Gasteiger partial charge >= 0.3 is 6.01 Å². The third-order valence-corrected chi connectivity index (χ3v) is 3.35. The Bertz CT molecular complexity index is 893. The summed E-state index contributed by atoms with van der Waals surface area (Å²) >= 11 is 11.9. The van der Waals surface area contributed by atoms with Gasteiger partial charge in [0.25, 0.3) is 5.56 Å². The molecule has 3 rings (SSSR count). The minimum Gasteiger partial charge on any atom is -0.424 e. The molecule has 0 aliphatic heterocycles. The Balaban J connectivity index is 2.07. The van der Waals surface area contributed by atoms with E-state index in [-0.39, 0.29) is 11.6 Å². The zero-order chi connectivity index (χ0) is 15.0. The third-order valence-electron chi connectivity index (χ3n) is 2.81. The molecule has 0 saturated heterocycles.